The van der Waals surface area contributed by atoms with Crippen LogP contribution in [-0.2, 0) is 17.9 Å². The highest BCUT2D eigenvalue weighted by molar-refractivity contribution is 5.90. The molecule has 0 saturated heterocycles. The predicted octanol–water partition coefficient (Wildman–Crippen LogP) is -1.21. The molecule has 0 unspecified atom stereocenters. The molecule has 2 heterocycles. The Balaban J connectivity index is 0.00000306. The first-order chi connectivity index (χ1) is 15.6. The van der Waals surface area contributed by atoms with Crippen LogP contribution in [0.4, 0.5) is 5.69 Å². The number of amides is 1. The van der Waals surface area contributed by atoms with Crippen LogP contribution in [0.25, 0.3) is 10.9 Å². The second-order valence-corrected chi connectivity index (χ2v) is 7.07. The largest absolute Gasteiger partial charge is 1.00 e. The number of rotatable bonds is 7. The number of fused-ring (bicyclic) bond motifs is 1. The summed E-state index contributed by atoms with van der Waals surface area (Å²) in [6.45, 7) is 0.343. The van der Waals surface area contributed by atoms with Gasteiger partial charge in [-0.3, -0.25) is 9.59 Å². The van der Waals surface area contributed by atoms with Crippen LogP contribution in [0.15, 0.2) is 71.8 Å². The summed E-state index contributed by atoms with van der Waals surface area (Å²) in [5.41, 5.74) is 1.77. The molecule has 0 bridgehead atoms. The van der Waals surface area contributed by atoms with Crippen molar-refractivity contribution >= 4 is 22.5 Å². The fourth-order valence-corrected chi connectivity index (χ4v) is 3.35. The van der Waals surface area contributed by atoms with Crippen molar-refractivity contribution in [3.63, 3.8) is 0 Å². The van der Waals surface area contributed by atoms with E-state index in [1.807, 2.05) is 18.2 Å². The van der Waals surface area contributed by atoms with Crippen molar-refractivity contribution in [2.75, 3.05) is 19.5 Å². The lowest BCUT2D eigenvalue weighted by molar-refractivity contribution is -0.684. The molecule has 0 aliphatic carbocycles. The van der Waals surface area contributed by atoms with E-state index in [2.05, 4.69) is 15.6 Å². The Morgan fingerprint density at radius 2 is 1.85 bits per heavy atom. The summed E-state index contributed by atoms with van der Waals surface area (Å²) in [4.78, 5) is 25.2. The maximum atomic E-state index is 12.7. The minimum atomic E-state index is -0.211. The lowest BCUT2D eigenvalue weighted by Crippen LogP contribution is -3.00. The molecule has 10 heteroatoms. The Morgan fingerprint density at radius 1 is 1.06 bits per heavy atom. The molecule has 1 N–H and O–H groups in total. The number of carbonyl (C=O) groups is 1. The van der Waals surface area contributed by atoms with E-state index in [0.717, 1.165) is 5.56 Å². The normalized spacial score (nSPS) is 10.4. The topological polar surface area (TPSA) is 99.2 Å². The van der Waals surface area contributed by atoms with Gasteiger partial charge in [-0.05, 0) is 30.3 Å². The van der Waals surface area contributed by atoms with E-state index in [0.29, 0.717) is 28.1 Å². The SMILES string of the molecule is COc1ccc(NC(=O)C[n+]2cccc(Cn3nnc4ccccc4c3=O)c2)cc1OC.[Cl-]. The van der Waals surface area contributed by atoms with E-state index in [1.165, 1.54) is 11.8 Å². The molecule has 0 atom stereocenters. The molecule has 9 nitrogen and oxygen atoms in total. The third kappa shape index (κ3) is 5.45. The number of benzene rings is 2. The number of nitrogens with one attached hydrogen (secondary N) is 1. The van der Waals surface area contributed by atoms with Crippen molar-refractivity contribution in [1.82, 2.24) is 15.0 Å². The van der Waals surface area contributed by atoms with Crippen LogP contribution in [0, 0.1) is 0 Å². The highest BCUT2D eigenvalue weighted by atomic mass is 35.5. The number of anilines is 1. The number of halogens is 1. The van der Waals surface area contributed by atoms with E-state index >= 15 is 0 Å². The second kappa shape index (κ2) is 10.6. The number of hydrogen-bond donors (Lipinski definition) is 1. The molecule has 0 aliphatic heterocycles. The summed E-state index contributed by atoms with van der Waals surface area (Å²) in [6, 6.07) is 15.9. The fourth-order valence-electron chi connectivity index (χ4n) is 3.35. The van der Waals surface area contributed by atoms with Crippen molar-refractivity contribution in [3.05, 3.63) is 82.9 Å². The molecule has 0 fully saturated rings. The van der Waals surface area contributed by atoms with E-state index in [-0.39, 0.29) is 37.0 Å². The van der Waals surface area contributed by atoms with Gasteiger partial charge in [-0.2, -0.15) is 4.57 Å². The Kier molecular flexibility index (Phi) is 7.57. The third-order valence-electron chi connectivity index (χ3n) is 4.87. The Bertz CT molecular complexity index is 1340. The first-order valence-electron chi connectivity index (χ1n) is 9.90. The monoisotopic (exact) mass is 467 g/mol. The van der Waals surface area contributed by atoms with Crippen LogP contribution in [0.2, 0.25) is 0 Å². The molecule has 2 aromatic carbocycles. The molecule has 1 amide bonds. The number of hydrogen-bond acceptors (Lipinski definition) is 6. The van der Waals surface area contributed by atoms with Crippen LogP contribution in [0.1, 0.15) is 5.56 Å². The first-order valence-corrected chi connectivity index (χ1v) is 9.90. The van der Waals surface area contributed by atoms with Crippen LogP contribution in [-0.4, -0.2) is 35.1 Å². The summed E-state index contributed by atoms with van der Waals surface area (Å²) in [6.07, 6.45) is 3.59. The molecule has 4 aromatic rings. The van der Waals surface area contributed by atoms with E-state index in [4.69, 9.17) is 9.47 Å². The number of aromatic nitrogens is 4. The van der Waals surface area contributed by atoms with Crippen LogP contribution in [0.5, 0.6) is 11.5 Å². The van der Waals surface area contributed by atoms with Gasteiger partial charge in [-0.15, -0.1) is 5.10 Å². The molecule has 4 rings (SSSR count). The summed E-state index contributed by atoms with van der Waals surface area (Å²) < 4.78 is 13.5. The van der Waals surface area contributed by atoms with E-state index < -0.39 is 0 Å². The molecule has 0 saturated carbocycles. The zero-order valence-corrected chi connectivity index (χ0v) is 18.8. The van der Waals surface area contributed by atoms with Crippen LogP contribution >= 0.6 is 0 Å². The van der Waals surface area contributed by atoms with Gasteiger partial charge in [0.25, 0.3) is 11.5 Å². The molecular weight excluding hydrogens is 446 g/mol. The smallest absolute Gasteiger partial charge is 0.290 e. The van der Waals surface area contributed by atoms with Gasteiger partial charge in [0.15, 0.2) is 23.9 Å². The maximum Gasteiger partial charge on any atom is 0.290 e. The van der Waals surface area contributed by atoms with Crippen molar-refractivity contribution in [2.45, 2.75) is 13.1 Å². The van der Waals surface area contributed by atoms with Gasteiger partial charge < -0.3 is 27.2 Å². The first kappa shape index (κ1) is 23.7. The summed E-state index contributed by atoms with van der Waals surface area (Å²) >= 11 is 0. The van der Waals surface area contributed by atoms with Crippen molar-refractivity contribution in [1.29, 1.82) is 0 Å². The van der Waals surface area contributed by atoms with E-state index in [1.54, 1.807) is 60.5 Å². The minimum absolute atomic E-state index is 0. The molecule has 0 aliphatic rings. The molecule has 0 spiro atoms. The molecule has 2 aromatic heterocycles. The van der Waals surface area contributed by atoms with Gasteiger partial charge in [0.05, 0.1) is 26.2 Å². The van der Waals surface area contributed by atoms with Gasteiger partial charge in [0, 0.05) is 23.4 Å². The molecule has 170 valence electrons. The average molecular weight is 468 g/mol. The van der Waals surface area contributed by atoms with Crippen LogP contribution < -0.4 is 37.3 Å². The number of methoxy groups -OCH3 is 2. The van der Waals surface area contributed by atoms with Crippen molar-refractivity contribution < 1.29 is 31.2 Å². The number of nitrogens with zero attached hydrogens (tertiary/aromatic N) is 4. The zero-order chi connectivity index (χ0) is 22.5. The minimum Gasteiger partial charge on any atom is -1.00 e. The van der Waals surface area contributed by atoms with E-state index in [9.17, 15) is 9.59 Å². The Hall–Kier alpha value is -3.98. The van der Waals surface area contributed by atoms with Crippen LogP contribution in [0.3, 0.4) is 0 Å². The summed E-state index contributed by atoms with van der Waals surface area (Å²) in [5, 5.41) is 11.5. The highest BCUT2D eigenvalue weighted by Gasteiger charge is 2.13. The summed E-state index contributed by atoms with van der Waals surface area (Å²) in [7, 11) is 3.09. The Morgan fingerprint density at radius 3 is 2.64 bits per heavy atom. The second-order valence-electron chi connectivity index (χ2n) is 7.07. The Labute approximate surface area is 196 Å². The third-order valence-corrected chi connectivity index (χ3v) is 4.87. The van der Waals surface area contributed by atoms with Gasteiger partial charge in [-0.1, -0.05) is 17.3 Å². The number of pyridine rings is 1. The number of carbonyl (C=O) groups excluding carboxylic acids is 1. The zero-order valence-electron chi connectivity index (χ0n) is 18.1. The quantitative estimate of drug-likeness (QED) is 0.342. The maximum absolute atomic E-state index is 12.7. The standard InChI is InChI=1S/C23H21N5O4.ClH/c1-31-20-10-9-17(12-21(20)32-2)24-22(29)15-27-11-5-6-16(13-27)14-28-23(30)18-7-3-4-8-19(18)25-26-28;/h3-13H,14-15H2,1-2H3;1H. The van der Waals surface area contributed by atoms with Crippen molar-refractivity contribution in [2.24, 2.45) is 0 Å². The fraction of sp³-hybridized carbons (Fsp3) is 0.174. The number of ether oxygens (including phenoxy) is 2. The van der Waals surface area contributed by atoms with Gasteiger partial charge in [0.2, 0.25) is 6.54 Å². The van der Waals surface area contributed by atoms with Gasteiger partial charge >= 0.3 is 0 Å². The van der Waals surface area contributed by atoms with Crippen molar-refractivity contribution in [3.8, 4) is 11.5 Å². The molecular formula is C23H22ClN5O4. The lowest BCUT2D eigenvalue weighted by Gasteiger charge is -2.10. The molecule has 33 heavy (non-hydrogen) atoms. The van der Waals surface area contributed by atoms with Gasteiger partial charge in [0.1, 0.15) is 5.52 Å². The van der Waals surface area contributed by atoms with Gasteiger partial charge in [-0.25, -0.2) is 4.68 Å². The molecule has 0 radical (unpaired) electrons. The average Bonchev–Trinajstić information content (AvgIpc) is 2.81. The summed E-state index contributed by atoms with van der Waals surface area (Å²) in [5.74, 6) is 0.906. The predicted molar refractivity (Wildman–Crippen MR) is 118 cm³/mol. The highest BCUT2D eigenvalue weighted by Crippen LogP contribution is 2.29. The lowest BCUT2D eigenvalue weighted by atomic mass is 10.2.